The van der Waals surface area contributed by atoms with Gasteiger partial charge in [0, 0.05) is 18.5 Å². The van der Waals surface area contributed by atoms with E-state index >= 15 is 0 Å². The molecule has 0 amide bonds. The number of fused-ring (bicyclic) bond motifs is 1. The average Bonchev–Trinajstić information content (AvgIpc) is 2.55. The Kier molecular flexibility index (Phi) is 6.60. The Labute approximate surface area is 148 Å². The third-order valence-electron chi connectivity index (χ3n) is 4.51. The van der Waals surface area contributed by atoms with Crippen molar-refractivity contribution in [2.75, 3.05) is 13.2 Å². The van der Waals surface area contributed by atoms with E-state index in [9.17, 15) is 4.39 Å². The first kappa shape index (κ1) is 18.7. The van der Waals surface area contributed by atoms with Crippen molar-refractivity contribution in [2.24, 2.45) is 11.5 Å². The normalized spacial score (nSPS) is 19.3. The number of ether oxygens (including phenoxy) is 1. The minimum absolute atomic E-state index is 0. The zero-order valence-electron chi connectivity index (χ0n) is 13.6. The fourth-order valence-electron chi connectivity index (χ4n) is 3.35. The molecule has 2 unspecified atom stereocenters. The minimum atomic E-state index is -0.202. The number of hydrogen-bond donors (Lipinski definition) is 2. The van der Waals surface area contributed by atoms with Crippen molar-refractivity contribution in [3.63, 3.8) is 0 Å². The van der Waals surface area contributed by atoms with Crippen molar-refractivity contribution >= 4 is 12.4 Å². The van der Waals surface area contributed by atoms with E-state index < -0.39 is 0 Å². The summed E-state index contributed by atoms with van der Waals surface area (Å²) in [5.41, 5.74) is 15.4. The topological polar surface area (TPSA) is 61.3 Å². The smallest absolute Gasteiger partial charge is 0.123 e. The second kappa shape index (κ2) is 8.47. The molecule has 0 saturated heterocycles. The van der Waals surface area contributed by atoms with Crippen LogP contribution in [0.2, 0.25) is 0 Å². The van der Waals surface area contributed by atoms with Gasteiger partial charge in [-0.1, -0.05) is 18.2 Å². The van der Waals surface area contributed by atoms with Gasteiger partial charge in [-0.25, -0.2) is 4.39 Å². The van der Waals surface area contributed by atoms with Crippen molar-refractivity contribution < 1.29 is 9.13 Å². The van der Waals surface area contributed by atoms with Crippen LogP contribution < -0.4 is 16.2 Å². The standard InChI is InChI=1S/C19H23FN2O.ClH/c20-15-3-1-2-13(10-15)11-18-17-12-16(23-9-8-21)6-4-14(17)5-7-19(18)22;/h1-4,6,10,12,18-19H,5,7-9,11,21-22H2;1H. The number of benzene rings is 2. The highest BCUT2D eigenvalue weighted by molar-refractivity contribution is 5.85. The molecule has 0 aliphatic heterocycles. The summed E-state index contributed by atoms with van der Waals surface area (Å²) in [4.78, 5) is 0. The molecule has 2 aromatic carbocycles. The van der Waals surface area contributed by atoms with Gasteiger partial charge in [-0.3, -0.25) is 0 Å². The summed E-state index contributed by atoms with van der Waals surface area (Å²) in [6, 6.07) is 13.0. The maximum absolute atomic E-state index is 13.5. The van der Waals surface area contributed by atoms with Crippen LogP contribution >= 0.6 is 12.4 Å². The molecule has 2 atom stereocenters. The van der Waals surface area contributed by atoms with Crippen LogP contribution in [0.25, 0.3) is 0 Å². The molecule has 1 aliphatic rings. The Morgan fingerprint density at radius 1 is 1.17 bits per heavy atom. The Bertz CT molecular complexity index is 680. The van der Waals surface area contributed by atoms with E-state index in [0.717, 1.165) is 30.6 Å². The minimum Gasteiger partial charge on any atom is -0.492 e. The molecule has 130 valence electrons. The molecule has 0 fully saturated rings. The molecule has 3 rings (SSSR count). The summed E-state index contributed by atoms with van der Waals surface area (Å²) in [5, 5.41) is 0. The van der Waals surface area contributed by atoms with E-state index in [1.54, 1.807) is 12.1 Å². The first-order valence-electron chi connectivity index (χ1n) is 8.13. The van der Waals surface area contributed by atoms with Gasteiger partial charge in [0.25, 0.3) is 0 Å². The third kappa shape index (κ3) is 4.26. The Balaban J connectivity index is 0.00000208. The molecule has 1 aliphatic carbocycles. The first-order valence-corrected chi connectivity index (χ1v) is 8.13. The van der Waals surface area contributed by atoms with Crippen LogP contribution in [-0.2, 0) is 12.8 Å². The molecule has 0 bridgehead atoms. The summed E-state index contributed by atoms with van der Waals surface area (Å²) < 4.78 is 19.1. The van der Waals surface area contributed by atoms with Crippen LogP contribution in [0.1, 0.15) is 29.0 Å². The summed E-state index contributed by atoms with van der Waals surface area (Å²) in [5.74, 6) is 0.807. The maximum atomic E-state index is 13.5. The average molecular weight is 351 g/mol. The molecule has 24 heavy (non-hydrogen) atoms. The largest absolute Gasteiger partial charge is 0.492 e. The number of hydrogen-bond acceptors (Lipinski definition) is 3. The summed E-state index contributed by atoms with van der Waals surface area (Å²) in [7, 11) is 0. The monoisotopic (exact) mass is 350 g/mol. The molecule has 3 nitrogen and oxygen atoms in total. The zero-order chi connectivity index (χ0) is 16.2. The number of nitrogens with two attached hydrogens (primary N) is 2. The zero-order valence-corrected chi connectivity index (χ0v) is 14.4. The molecule has 0 aromatic heterocycles. The first-order chi connectivity index (χ1) is 11.2. The second-order valence-electron chi connectivity index (χ2n) is 6.14. The van der Waals surface area contributed by atoms with Crippen LogP contribution in [0.3, 0.4) is 0 Å². The quantitative estimate of drug-likeness (QED) is 0.870. The summed E-state index contributed by atoms with van der Waals surface area (Å²) in [6.45, 7) is 0.989. The van der Waals surface area contributed by atoms with Crippen LogP contribution in [-0.4, -0.2) is 19.2 Å². The van der Waals surface area contributed by atoms with Gasteiger partial charge in [-0.2, -0.15) is 0 Å². The van der Waals surface area contributed by atoms with Gasteiger partial charge < -0.3 is 16.2 Å². The molecule has 4 N–H and O–H groups in total. The third-order valence-corrected chi connectivity index (χ3v) is 4.51. The Morgan fingerprint density at radius 2 is 2.00 bits per heavy atom. The van der Waals surface area contributed by atoms with Crippen molar-refractivity contribution in [1.82, 2.24) is 0 Å². The Morgan fingerprint density at radius 3 is 2.75 bits per heavy atom. The summed E-state index contributed by atoms with van der Waals surface area (Å²) >= 11 is 0. The molecule has 2 aromatic rings. The van der Waals surface area contributed by atoms with Crippen LogP contribution in [0.5, 0.6) is 5.75 Å². The van der Waals surface area contributed by atoms with E-state index in [1.807, 2.05) is 12.1 Å². The SMILES string of the molecule is Cl.NCCOc1ccc2c(c1)C(Cc1cccc(F)c1)C(N)CC2. The number of aryl methyl sites for hydroxylation is 1. The molecular formula is C19H24ClFN2O. The molecule has 0 spiro atoms. The van der Waals surface area contributed by atoms with Crippen molar-refractivity contribution in [2.45, 2.75) is 31.2 Å². The van der Waals surface area contributed by atoms with Crippen molar-refractivity contribution in [1.29, 1.82) is 0 Å². The maximum Gasteiger partial charge on any atom is 0.123 e. The van der Waals surface area contributed by atoms with E-state index in [4.69, 9.17) is 16.2 Å². The predicted molar refractivity (Wildman–Crippen MR) is 97.4 cm³/mol. The Hall–Kier alpha value is -1.62. The fraction of sp³-hybridized carbons (Fsp3) is 0.368. The highest BCUT2D eigenvalue weighted by Gasteiger charge is 2.27. The van der Waals surface area contributed by atoms with E-state index in [-0.39, 0.29) is 30.2 Å². The summed E-state index contributed by atoms with van der Waals surface area (Å²) in [6.07, 6.45) is 2.68. The van der Waals surface area contributed by atoms with E-state index in [0.29, 0.717) is 13.2 Å². The predicted octanol–water partition coefficient (Wildman–Crippen LogP) is 3.18. The number of rotatable bonds is 5. The molecule has 0 heterocycles. The van der Waals surface area contributed by atoms with Crippen LogP contribution in [0.4, 0.5) is 4.39 Å². The van der Waals surface area contributed by atoms with E-state index in [2.05, 4.69) is 12.1 Å². The highest BCUT2D eigenvalue weighted by atomic mass is 35.5. The van der Waals surface area contributed by atoms with Gasteiger partial charge in [0.05, 0.1) is 0 Å². The van der Waals surface area contributed by atoms with Crippen molar-refractivity contribution in [3.8, 4) is 5.75 Å². The van der Waals surface area contributed by atoms with Crippen LogP contribution in [0, 0.1) is 5.82 Å². The van der Waals surface area contributed by atoms with Gasteiger partial charge in [0.15, 0.2) is 0 Å². The van der Waals surface area contributed by atoms with Gasteiger partial charge >= 0.3 is 0 Å². The lowest BCUT2D eigenvalue weighted by molar-refractivity contribution is 0.327. The fourth-order valence-corrected chi connectivity index (χ4v) is 3.35. The molecule has 5 heteroatoms. The van der Waals surface area contributed by atoms with Gasteiger partial charge in [0.2, 0.25) is 0 Å². The lowest BCUT2D eigenvalue weighted by atomic mass is 9.76. The highest BCUT2D eigenvalue weighted by Crippen LogP contribution is 2.35. The molecular weight excluding hydrogens is 327 g/mol. The van der Waals surface area contributed by atoms with Gasteiger partial charge in [0.1, 0.15) is 18.2 Å². The molecule has 0 saturated carbocycles. The molecule has 0 radical (unpaired) electrons. The second-order valence-corrected chi connectivity index (χ2v) is 6.14. The number of halogens is 2. The van der Waals surface area contributed by atoms with Gasteiger partial charge in [-0.15, -0.1) is 12.4 Å². The lowest BCUT2D eigenvalue weighted by Crippen LogP contribution is -2.34. The lowest BCUT2D eigenvalue weighted by Gasteiger charge is -2.32. The van der Waals surface area contributed by atoms with E-state index in [1.165, 1.54) is 17.2 Å². The van der Waals surface area contributed by atoms with Crippen molar-refractivity contribution in [3.05, 3.63) is 65.0 Å². The van der Waals surface area contributed by atoms with Gasteiger partial charge in [-0.05, 0) is 60.2 Å². The van der Waals surface area contributed by atoms with Crippen LogP contribution in [0.15, 0.2) is 42.5 Å².